The monoisotopic (exact) mass is 286 g/mol. The average Bonchev–Trinajstić information content (AvgIpc) is 2.54. The molecule has 0 spiro atoms. The SMILES string of the molecule is CN(C)C1CCN(CCC(N)(C#N)c2ccccc2)CC1. The van der Waals surface area contributed by atoms with Crippen molar-refractivity contribution < 1.29 is 0 Å². The van der Waals surface area contributed by atoms with Crippen molar-refractivity contribution in [1.82, 2.24) is 9.80 Å². The van der Waals surface area contributed by atoms with Crippen molar-refractivity contribution in [3.63, 3.8) is 0 Å². The van der Waals surface area contributed by atoms with E-state index in [-0.39, 0.29) is 0 Å². The predicted molar refractivity (Wildman–Crippen MR) is 85.7 cm³/mol. The zero-order valence-electron chi connectivity index (χ0n) is 13.1. The zero-order chi connectivity index (χ0) is 15.3. The minimum absolute atomic E-state index is 0.681. The topological polar surface area (TPSA) is 56.3 Å². The minimum Gasteiger partial charge on any atom is -0.310 e. The van der Waals surface area contributed by atoms with Gasteiger partial charge in [0.05, 0.1) is 6.07 Å². The van der Waals surface area contributed by atoms with Gasteiger partial charge in [-0.1, -0.05) is 30.3 Å². The highest BCUT2D eigenvalue weighted by Gasteiger charge is 2.28. The molecular formula is C17H26N4. The van der Waals surface area contributed by atoms with Crippen LogP contribution in [-0.2, 0) is 5.54 Å². The summed E-state index contributed by atoms with van der Waals surface area (Å²) in [6, 6.07) is 12.7. The molecule has 1 aromatic rings. The van der Waals surface area contributed by atoms with Crippen molar-refractivity contribution in [3.8, 4) is 6.07 Å². The Morgan fingerprint density at radius 1 is 1.29 bits per heavy atom. The van der Waals surface area contributed by atoms with Crippen LogP contribution in [0.3, 0.4) is 0 Å². The van der Waals surface area contributed by atoms with Gasteiger partial charge < -0.3 is 15.5 Å². The third kappa shape index (κ3) is 4.04. The molecule has 1 saturated heterocycles. The van der Waals surface area contributed by atoms with E-state index in [1.165, 1.54) is 12.8 Å². The lowest BCUT2D eigenvalue weighted by atomic mass is 9.88. The summed E-state index contributed by atoms with van der Waals surface area (Å²) in [7, 11) is 4.30. The minimum atomic E-state index is -0.875. The smallest absolute Gasteiger partial charge is 0.131 e. The maximum absolute atomic E-state index is 9.48. The van der Waals surface area contributed by atoms with Gasteiger partial charge in [0.25, 0.3) is 0 Å². The maximum Gasteiger partial charge on any atom is 0.131 e. The Bertz CT molecular complexity index is 471. The van der Waals surface area contributed by atoms with Crippen LogP contribution in [0, 0.1) is 11.3 Å². The molecule has 0 amide bonds. The standard InChI is InChI=1S/C17H26N4/c1-20(2)16-8-11-21(12-9-16)13-10-17(19,14-18)15-6-4-3-5-7-15/h3-7,16H,8-13,19H2,1-2H3. The van der Waals surface area contributed by atoms with Gasteiger partial charge in [0.2, 0.25) is 0 Å². The molecule has 1 atom stereocenters. The molecule has 2 N–H and O–H groups in total. The molecule has 1 aliphatic heterocycles. The van der Waals surface area contributed by atoms with Crippen molar-refractivity contribution in [1.29, 1.82) is 5.26 Å². The van der Waals surface area contributed by atoms with E-state index in [2.05, 4.69) is 30.0 Å². The normalized spacial score (nSPS) is 20.1. The quantitative estimate of drug-likeness (QED) is 0.896. The van der Waals surface area contributed by atoms with Crippen LogP contribution in [0.5, 0.6) is 0 Å². The second-order valence-electron chi connectivity index (χ2n) is 6.24. The summed E-state index contributed by atoms with van der Waals surface area (Å²) in [6.45, 7) is 3.08. The van der Waals surface area contributed by atoms with Gasteiger partial charge in [0.1, 0.15) is 5.54 Å². The Balaban J connectivity index is 1.89. The number of likely N-dealkylation sites (tertiary alicyclic amines) is 1. The van der Waals surface area contributed by atoms with Crippen molar-refractivity contribution in [2.45, 2.75) is 30.8 Å². The second-order valence-corrected chi connectivity index (χ2v) is 6.24. The highest BCUT2D eigenvalue weighted by Crippen LogP contribution is 2.23. The zero-order valence-corrected chi connectivity index (χ0v) is 13.1. The molecule has 0 aromatic heterocycles. The molecular weight excluding hydrogens is 260 g/mol. The number of benzene rings is 1. The number of rotatable bonds is 5. The van der Waals surface area contributed by atoms with E-state index >= 15 is 0 Å². The molecule has 21 heavy (non-hydrogen) atoms. The number of nitriles is 1. The molecule has 4 heteroatoms. The second kappa shape index (κ2) is 7.04. The lowest BCUT2D eigenvalue weighted by Crippen LogP contribution is -2.45. The van der Waals surface area contributed by atoms with Crippen molar-refractivity contribution in [3.05, 3.63) is 35.9 Å². The van der Waals surface area contributed by atoms with Crippen molar-refractivity contribution >= 4 is 0 Å². The Hall–Kier alpha value is -1.41. The maximum atomic E-state index is 9.48. The number of nitrogens with zero attached hydrogens (tertiary/aromatic N) is 3. The molecule has 1 fully saturated rings. The number of piperidine rings is 1. The third-order valence-electron chi connectivity index (χ3n) is 4.60. The molecule has 1 aliphatic rings. The summed E-state index contributed by atoms with van der Waals surface area (Å²) in [5.41, 5.74) is 6.35. The van der Waals surface area contributed by atoms with E-state index < -0.39 is 5.54 Å². The molecule has 0 bridgehead atoms. The largest absolute Gasteiger partial charge is 0.310 e. The fraction of sp³-hybridized carbons (Fsp3) is 0.588. The summed E-state index contributed by atoms with van der Waals surface area (Å²) in [5, 5.41) is 9.48. The third-order valence-corrected chi connectivity index (χ3v) is 4.60. The summed E-state index contributed by atoms with van der Waals surface area (Å²) < 4.78 is 0. The summed E-state index contributed by atoms with van der Waals surface area (Å²) in [5.74, 6) is 0. The van der Waals surface area contributed by atoms with Gasteiger partial charge in [-0.15, -0.1) is 0 Å². The Morgan fingerprint density at radius 3 is 2.43 bits per heavy atom. The van der Waals surface area contributed by atoms with Crippen LogP contribution in [0.4, 0.5) is 0 Å². The molecule has 1 aromatic carbocycles. The Labute approximate surface area is 128 Å². The first-order valence-electron chi connectivity index (χ1n) is 7.69. The Morgan fingerprint density at radius 2 is 1.90 bits per heavy atom. The van der Waals surface area contributed by atoms with Gasteiger partial charge in [0, 0.05) is 12.6 Å². The van der Waals surface area contributed by atoms with E-state index in [9.17, 15) is 5.26 Å². The van der Waals surface area contributed by atoms with Crippen LogP contribution in [0.2, 0.25) is 0 Å². The Kier molecular flexibility index (Phi) is 5.35. The lowest BCUT2D eigenvalue weighted by Gasteiger charge is -2.36. The van der Waals surface area contributed by atoms with Crippen molar-refractivity contribution in [2.75, 3.05) is 33.7 Å². The first kappa shape index (κ1) is 16.0. The molecule has 114 valence electrons. The van der Waals surface area contributed by atoms with E-state index in [0.29, 0.717) is 12.5 Å². The van der Waals surface area contributed by atoms with Gasteiger partial charge in [0.15, 0.2) is 0 Å². The highest BCUT2D eigenvalue weighted by atomic mass is 15.2. The highest BCUT2D eigenvalue weighted by molar-refractivity contribution is 5.30. The van der Waals surface area contributed by atoms with Crippen LogP contribution >= 0.6 is 0 Å². The lowest BCUT2D eigenvalue weighted by molar-refractivity contribution is 0.139. The van der Waals surface area contributed by atoms with Crippen LogP contribution in [-0.4, -0.2) is 49.6 Å². The fourth-order valence-corrected chi connectivity index (χ4v) is 2.99. The van der Waals surface area contributed by atoms with Gasteiger partial charge in [-0.05, 0) is 52.0 Å². The summed E-state index contributed by atoms with van der Waals surface area (Å²) >= 11 is 0. The molecule has 0 radical (unpaired) electrons. The predicted octanol–water partition coefficient (Wildman–Crippen LogP) is 1.78. The van der Waals surface area contributed by atoms with E-state index in [1.807, 2.05) is 30.3 Å². The molecule has 4 nitrogen and oxygen atoms in total. The molecule has 1 heterocycles. The number of hydrogen-bond donors (Lipinski definition) is 1. The fourth-order valence-electron chi connectivity index (χ4n) is 2.99. The van der Waals surface area contributed by atoms with Gasteiger partial charge in [-0.2, -0.15) is 5.26 Å². The number of hydrogen-bond acceptors (Lipinski definition) is 4. The van der Waals surface area contributed by atoms with E-state index in [0.717, 1.165) is 25.2 Å². The summed E-state index contributed by atoms with van der Waals surface area (Å²) in [6.07, 6.45) is 3.07. The van der Waals surface area contributed by atoms with Crippen molar-refractivity contribution in [2.24, 2.45) is 5.73 Å². The summed E-state index contributed by atoms with van der Waals surface area (Å²) in [4.78, 5) is 4.74. The first-order valence-corrected chi connectivity index (χ1v) is 7.69. The first-order chi connectivity index (χ1) is 10.0. The van der Waals surface area contributed by atoms with Gasteiger partial charge in [-0.3, -0.25) is 0 Å². The van der Waals surface area contributed by atoms with Crippen LogP contribution in [0.15, 0.2) is 30.3 Å². The molecule has 2 rings (SSSR count). The van der Waals surface area contributed by atoms with Crippen LogP contribution in [0.25, 0.3) is 0 Å². The molecule has 1 unspecified atom stereocenters. The van der Waals surface area contributed by atoms with E-state index in [1.54, 1.807) is 0 Å². The van der Waals surface area contributed by atoms with Crippen LogP contribution < -0.4 is 5.73 Å². The van der Waals surface area contributed by atoms with Crippen LogP contribution in [0.1, 0.15) is 24.8 Å². The van der Waals surface area contributed by atoms with Gasteiger partial charge in [-0.25, -0.2) is 0 Å². The molecule has 0 aliphatic carbocycles. The molecule has 0 saturated carbocycles. The number of nitrogens with two attached hydrogens (primary N) is 1. The van der Waals surface area contributed by atoms with Gasteiger partial charge >= 0.3 is 0 Å². The van der Waals surface area contributed by atoms with E-state index in [4.69, 9.17) is 5.73 Å². The average molecular weight is 286 g/mol.